The Morgan fingerprint density at radius 1 is 1.15 bits per heavy atom. The Kier molecular flexibility index (Phi) is 4.03. The molecule has 0 aliphatic carbocycles. The van der Waals surface area contributed by atoms with Crippen molar-refractivity contribution in [2.24, 2.45) is 0 Å². The fraction of sp³-hybridized carbons (Fsp3) is 0.188. The van der Waals surface area contributed by atoms with Crippen LogP contribution in [0.1, 0.15) is 21.5 Å². The largest absolute Gasteiger partial charge is 0.396 e. The monoisotopic (exact) mass is 272 g/mol. The van der Waals surface area contributed by atoms with Gasteiger partial charge in [0.1, 0.15) is 5.82 Å². The fourth-order valence-corrected chi connectivity index (χ4v) is 2.08. The maximum atomic E-state index is 13.0. The molecule has 2 rings (SSSR count). The van der Waals surface area contributed by atoms with Crippen molar-refractivity contribution in [3.05, 3.63) is 58.9 Å². The highest BCUT2D eigenvalue weighted by atomic mass is 19.1. The highest BCUT2D eigenvalue weighted by Gasteiger charge is 2.08. The van der Waals surface area contributed by atoms with Crippen LogP contribution in [-0.2, 0) is 0 Å². The summed E-state index contributed by atoms with van der Waals surface area (Å²) in [6.07, 6.45) is 0. The number of nitrogen functional groups attached to an aromatic ring is 1. The Hall–Kier alpha value is -2.36. The minimum atomic E-state index is -0.510. The zero-order chi connectivity index (χ0) is 14.7. The minimum Gasteiger partial charge on any atom is -0.396 e. The van der Waals surface area contributed by atoms with E-state index in [4.69, 9.17) is 5.73 Å². The number of nitrogens with one attached hydrogen (secondary N) is 1. The highest BCUT2D eigenvalue weighted by Crippen LogP contribution is 2.15. The van der Waals surface area contributed by atoms with Crippen molar-refractivity contribution in [3.8, 4) is 0 Å². The lowest BCUT2D eigenvalue weighted by atomic mass is 10.1. The molecule has 20 heavy (non-hydrogen) atoms. The zero-order valence-corrected chi connectivity index (χ0v) is 11.5. The lowest BCUT2D eigenvalue weighted by Gasteiger charge is -2.08. The van der Waals surface area contributed by atoms with E-state index >= 15 is 0 Å². The Morgan fingerprint density at radius 2 is 1.80 bits per heavy atom. The molecule has 0 bridgehead atoms. The van der Waals surface area contributed by atoms with Crippen LogP contribution in [0.3, 0.4) is 0 Å². The molecule has 0 unspecified atom stereocenters. The predicted octanol–water partition coefficient (Wildman–Crippen LogP) is 3.32. The molecule has 0 heterocycles. The number of nitrogens with two attached hydrogens (primary N) is 1. The van der Waals surface area contributed by atoms with Crippen molar-refractivity contribution in [2.45, 2.75) is 13.8 Å². The van der Waals surface area contributed by atoms with Gasteiger partial charge in [-0.1, -0.05) is 6.07 Å². The van der Waals surface area contributed by atoms with Gasteiger partial charge in [-0.3, -0.25) is 4.79 Å². The van der Waals surface area contributed by atoms with Crippen LogP contribution in [0.2, 0.25) is 0 Å². The summed E-state index contributed by atoms with van der Waals surface area (Å²) in [6, 6.07) is 10.0. The summed E-state index contributed by atoms with van der Waals surface area (Å²) >= 11 is 0. The summed E-state index contributed by atoms with van der Waals surface area (Å²) in [5.74, 6) is -0.639. The molecule has 3 N–H and O–H groups in total. The van der Waals surface area contributed by atoms with Gasteiger partial charge in [0.25, 0.3) is 0 Å². The van der Waals surface area contributed by atoms with Gasteiger partial charge in [-0.15, -0.1) is 0 Å². The normalized spacial score (nSPS) is 10.3. The number of carbonyl (C=O) groups is 1. The average Bonchev–Trinajstić information content (AvgIpc) is 2.38. The summed E-state index contributed by atoms with van der Waals surface area (Å²) < 4.78 is 13.0. The molecule has 0 saturated heterocycles. The first-order valence-electron chi connectivity index (χ1n) is 6.36. The summed E-state index contributed by atoms with van der Waals surface area (Å²) in [7, 11) is 0. The van der Waals surface area contributed by atoms with Gasteiger partial charge in [0.2, 0.25) is 0 Å². The van der Waals surface area contributed by atoms with E-state index in [2.05, 4.69) is 11.4 Å². The molecule has 0 aliphatic heterocycles. The Balaban J connectivity index is 2.06. The summed E-state index contributed by atoms with van der Waals surface area (Å²) in [6.45, 7) is 4.15. The third-order valence-corrected chi connectivity index (χ3v) is 2.99. The van der Waals surface area contributed by atoms with Crippen molar-refractivity contribution in [1.82, 2.24) is 0 Å². The third kappa shape index (κ3) is 3.35. The number of Topliss-reactive ketones (excluding diaryl/α,β-unsaturated/α-hetero) is 1. The van der Waals surface area contributed by atoms with Crippen LogP contribution in [0.5, 0.6) is 0 Å². The molecule has 4 heteroatoms. The molecule has 0 amide bonds. The number of ketones is 1. The summed E-state index contributed by atoms with van der Waals surface area (Å²) in [5.41, 5.74) is 9.00. The molecule has 0 radical (unpaired) electrons. The van der Waals surface area contributed by atoms with Gasteiger partial charge >= 0.3 is 0 Å². The van der Waals surface area contributed by atoms with E-state index in [1.807, 2.05) is 26.0 Å². The molecule has 0 aromatic heterocycles. The topological polar surface area (TPSA) is 55.1 Å². The maximum Gasteiger partial charge on any atom is 0.181 e. The minimum absolute atomic E-state index is 0.0118. The number of hydrogen-bond donors (Lipinski definition) is 2. The molecule has 2 aromatic carbocycles. The molecule has 3 nitrogen and oxygen atoms in total. The quantitative estimate of drug-likeness (QED) is 0.663. The van der Waals surface area contributed by atoms with E-state index in [0.717, 1.165) is 16.8 Å². The van der Waals surface area contributed by atoms with Gasteiger partial charge in [0, 0.05) is 11.3 Å². The number of rotatable bonds is 4. The number of aryl methyl sites for hydroxylation is 2. The van der Waals surface area contributed by atoms with Crippen molar-refractivity contribution >= 4 is 17.2 Å². The molecule has 0 aliphatic rings. The molecular weight excluding hydrogens is 255 g/mol. The van der Waals surface area contributed by atoms with Crippen LogP contribution >= 0.6 is 0 Å². The molecule has 104 valence electrons. The van der Waals surface area contributed by atoms with Crippen molar-refractivity contribution in [2.75, 3.05) is 17.6 Å². The Morgan fingerprint density at radius 3 is 2.40 bits per heavy atom. The van der Waals surface area contributed by atoms with Crippen LogP contribution in [0, 0.1) is 19.7 Å². The number of benzene rings is 2. The van der Waals surface area contributed by atoms with Crippen LogP contribution in [0.4, 0.5) is 15.8 Å². The van der Waals surface area contributed by atoms with Crippen molar-refractivity contribution < 1.29 is 9.18 Å². The number of hydrogen-bond acceptors (Lipinski definition) is 3. The fourth-order valence-electron chi connectivity index (χ4n) is 2.08. The van der Waals surface area contributed by atoms with Crippen molar-refractivity contribution in [1.29, 1.82) is 0 Å². The predicted molar refractivity (Wildman–Crippen MR) is 79.5 cm³/mol. The van der Waals surface area contributed by atoms with E-state index in [-0.39, 0.29) is 18.0 Å². The van der Waals surface area contributed by atoms with Crippen LogP contribution in [0.25, 0.3) is 0 Å². The zero-order valence-electron chi connectivity index (χ0n) is 11.5. The lowest BCUT2D eigenvalue weighted by Crippen LogP contribution is -2.14. The van der Waals surface area contributed by atoms with Gasteiger partial charge in [0.15, 0.2) is 5.78 Å². The highest BCUT2D eigenvalue weighted by molar-refractivity contribution is 5.99. The maximum absolute atomic E-state index is 13.0. The Bertz CT molecular complexity index is 633. The first-order chi connectivity index (χ1) is 9.45. The lowest BCUT2D eigenvalue weighted by molar-refractivity contribution is 0.101. The van der Waals surface area contributed by atoms with Crippen LogP contribution in [0.15, 0.2) is 36.4 Å². The molecule has 0 atom stereocenters. The van der Waals surface area contributed by atoms with E-state index < -0.39 is 5.82 Å². The second-order valence-corrected chi connectivity index (χ2v) is 4.89. The van der Waals surface area contributed by atoms with Gasteiger partial charge < -0.3 is 11.1 Å². The first kappa shape index (κ1) is 14.1. The number of anilines is 2. The molecule has 0 spiro atoms. The SMILES string of the molecule is Cc1cc(C)cc(NCC(=O)c2ccc(F)c(N)c2)c1. The second-order valence-electron chi connectivity index (χ2n) is 4.89. The molecule has 0 saturated carbocycles. The van der Waals surface area contributed by atoms with Crippen LogP contribution < -0.4 is 11.1 Å². The van der Waals surface area contributed by atoms with Crippen molar-refractivity contribution in [3.63, 3.8) is 0 Å². The van der Waals surface area contributed by atoms with Crippen LogP contribution in [-0.4, -0.2) is 12.3 Å². The third-order valence-electron chi connectivity index (χ3n) is 2.99. The van der Waals surface area contributed by atoms with Gasteiger partial charge in [-0.25, -0.2) is 4.39 Å². The molecule has 2 aromatic rings. The first-order valence-corrected chi connectivity index (χ1v) is 6.36. The average molecular weight is 272 g/mol. The Labute approximate surface area is 117 Å². The van der Waals surface area contributed by atoms with E-state index in [0.29, 0.717) is 5.56 Å². The van der Waals surface area contributed by atoms with E-state index in [9.17, 15) is 9.18 Å². The molecule has 0 fully saturated rings. The standard InChI is InChI=1S/C16H17FN2O/c1-10-5-11(2)7-13(6-10)19-9-16(20)12-3-4-14(17)15(18)8-12/h3-8,19H,9,18H2,1-2H3. The van der Waals surface area contributed by atoms with Gasteiger partial charge in [-0.05, 0) is 55.3 Å². The second kappa shape index (κ2) is 5.74. The molecular formula is C16H17FN2O. The summed E-state index contributed by atoms with van der Waals surface area (Å²) in [4.78, 5) is 12.0. The smallest absolute Gasteiger partial charge is 0.181 e. The number of halogens is 1. The van der Waals surface area contributed by atoms with Gasteiger partial charge in [0.05, 0.1) is 12.2 Å². The summed E-state index contributed by atoms with van der Waals surface area (Å²) in [5, 5.41) is 3.07. The van der Waals surface area contributed by atoms with E-state index in [1.54, 1.807) is 0 Å². The van der Waals surface area contributed by atoms with E-state index in [1.165, 1.54) is 18.2 Å². The van der Waals surface area contributed by atoms with Gasteiger partial charge in [-0.2, -0.15) is 0 Å². The number of carbonyl (C=O) groups excluding carboxylic acids is 1.